The standard InChI is InChI=1S/C36H67O10P/c1-3-5-7-9-11-13-14-15-16-17-18-20-22-24-26-28-36(40)46-34(32-45-47(41,42)44-30-33(38)29-37)31-43-35(39)27-25-23-21-19-12-10-8-6-4-2/h15-16,18,20,33-34,37-38H,3-14,17,19,21-32H2,1-2H3,(H,41,42)/b16-15+,20-18+/t33-,34+/m0/s1. The topological polar surface area (TPSA) is 149 Å². The van der Waals surface area contributed by atoms with Gasteiger partial charge in [-0.1, -0.05) is 122 Å². The average molecular weight is 691 g/mol. The summed E-state index contributed by atoms with van der Waals surface area (Å²) in [4.78, 5) is 34.7. The maximum atomic E-state index is 12.5. The van der Waals surface area contributed by atoms with Crippen LogP contribution in [0.3, 0.4) is 0 Å². The van der Waals surface area contributed by atoms with Crippen LogP contribution in [0.2, 0.25) is 0 Å². The van der Waals surface area contributed by atoms with E-state index in [9.17, 15) is 24.2 Å². The van der Waals surface area contributed by atoms with E-state index in [1.807, 2.05) is 0 Å². The second-order valence-electron chi connectivity index (χ2n) is 12.3. The van der Waals surface area contributed by atoms with E-state index in [0.29, 0.717) is 12.8 Å². The van der Waals surface area contributed by atoms with Gasteiger partial charge < -0.3 is 24.6 Å². The fourth-order valence-corrected chi connectivity index (χ4v) is 5.52. The molecule has 0 aliphatic heterocycles. The lowest BCUT2D eigenvalue weighted by molar-refractivity contribution is -0.161. The Morgan fingerprint density at radius 1 is 0.638 bits per heavy atom. The van der Waals surface area contributed by atoms with Crippen molar-refractivity contribution < 1.29 is 47.8 Å². The number of phosphoric acid groups is 1. The molecule has 0 aromatic carbocycles. The van der Waals surface area contributed by atoms with Gasteiger partial charge in [-0.25, -0.2) is 4.57 Å². The first-order valence-electron chi connectivity index (χ1n) is 18.3. The Labute approximate surface area is 285 Å². The van der Waals surface area contributed by atoms with Crippen LogP contribution in [0.25, 0.3) is 0 Å². The van der Waals surface area contributed by atoms with Gasteiger partial charge in [0.25, 0.3) is 0 Å². The van der Waals surface area contributed by atoms with E-state index in [1.165, 1.54) is 70.6 Å². The highest BCUT2D eigenvalue weighted by atomic mass is 31.2. The highest BCUT2D eigenvalue weighted by molar-refractivity contribution is 7.47. The molecule has 0 spiro atoms. The van der Waals surface area contributed by atoms with Gasteiger partial charge in [-0.2, -0.15) is 0 Å². The minimum Gasteiger partial charge on any atom is -0.462 e. The second-order valence-corrected chi connectivity index (χ2v) is 13.7. The molecule has 0 saturated carbocycles. The first-order chi connectivity index (χ1) is 22.7. The summed E-state index contributed by atoms with van der Waals surface area (Å²) in [5.74, 6) is -0.966. The number of phosphoric ester groups is 1. The zero-order valence-electron chi connectivity index (χ0n) is 29.5. The molecular formula is C36H67O10P. The lowest BCUT2D eigenvalue weighted by atomic mass is 10.1. The Morgan fingerprint density at radius 3 is 1.68 bits per heavy atom. The normalized spacial score (nSPS) is 14.4. The van der Waals surface area contributed by atoms with Crippen LogP contribution < -0.4 is 0 Å². The van der Waals surface area contributed by atoms with Crippen LogP contribution >= 0.6 is 7.82 Å². The number of hydrogen-bond acceptors (Lipinski definition) is 9. The van der Waals surface area contributed by atoms with E-state index >= 15 is 0 Å². The number of ether oxygens (including phenoxy) is 2. The summed E-state index contributed by atoms with van der Waals surface area (Å²) in [6.45, 7) is 2.29. The minimum absolute atomic E-state index is 0.144. The van der Waals surface area contributed by atoms with Gasteiger partial charge in [0, 0.05) is 12.8 Å². The number of carbonyl (C=O) groups is 2. The maximum Gasteiger partial charge on any atom is 0.472 e. The van der Waals surface area contributed by atoms with E-state index in [0.717, 1.165) is 44.9 Å². The average Bonchev–Trinajstić information content (AvgIpc) is 3.05. The lowest BCUT2D eigenvalue weighted by Crippen LogP contribution is -2.29. The van der Waals surface area contributed by atoms with Crippen molar-refractivity contribution in [2.24, 2.45) is 0 Å². The molecular weight excluding hydrogens is 623 g/mol. The number of aliphatic hydroxyl groups excluding tert-OH is 2. The van der Waals surface area contributed by atoms with E-state index < -0.39 is 51.8 Å². The van der Waals surface area contributed by atoms with Gasteiger partial charge in [-0.15, -0.1) is 0 Å². The zero-order valence-corrected chi connectivity index (χ0v) is 30.4. The third kappa shape index (κ3) is 32.8. The predicted molar refractivity (Wildman–Crippen MR) is 187 cm³/mol. The van der Waals surface area contributed by atoms with Crippen LogP contribution in [0, 0.1) is 0 Å². The van der Waals surface area contributed by atoms with Gasteiger partial charge in [-0.3, -0.25) is 18.6 Å². The number of allylic oxidation sites excluding steroid dienone is 4. The quantitative estimate of drug-likeness (QED) is 0.0259. The van der Waals surface area contributed by atoms with Crippen molar-refractivity contribution in [1.82, 2.24) is 0 Å². The third-order valence-corrected chi connectivity index (χ3v) is 8.56. The van der Waals surface area contributed by atoms with Crippen LogP contribution in [0.1, 0.15) is 155 Å². The largest absolute Gasteiger partial charge is 0.472 e. The number of aliphatic hydroxyl groups is 2. The van der Waals surface area contributed by atoms with Crippen molar-refractivity contribution in [3.63, 3.8) is 0 Å². The van der Waals surface area contributed by atoms with E-state index in [4.69, 9.17) is 19.1 Å². The first kappa shape index (κ1) is 45.5. The molecule has 0 aromatic rings. The Morgan fingerprint density at radius 2 is 1.11 bits per heavy atom. The third-order valence-electron chi connectivity index (χ3n) is 7.61. The van der Waals surface area contributed by atoms with Gasteiger partial charge in [-0.05, 0) is 44.9 Å². The molecule has 0 heterocycles. The molecule has 276 valence electrons. The molecule has 0 aliphatic carbocycles. The van der Waals surface area contributed by atoms with E-state index in [1.54, 1.807) is 0 Å². The highest BCUT2D eigenvalue weighted by Gasteiger charge is 2.27. The van der Waals surface area contributed by atoms with E-state index in [2.05, 4.69) is 42.7 Å². The molecule has 3 N–H and O–H groups in total. The van der Waals surface area contributed by atoms with Crippen LogP contribution in [-0.4, -0.2) is 65.7 Å². The van der Waals surface area contributed by atoms with Crippen molar-refractivity contribution in [2.45, 2.75) is 167 Å². The Balaban J connectivity index is 4.44. The molecule has 0 aliphatic rings. The molecule has 0 aromatic heterocycles. The molecule has 0 rings (SSSR count). The summed E-state index contributed by atoms with van der Waals surface area (Å²) in [5, 5.41) is 18.2. The molecule has 0 amide bonds. The van der Waals surface area contributed by atoms with Crippen LogP contribution in [0.5, 0.6) is 0 Å². The Bertz CT molecular complexity index is 848. The summed E-state index contributed by atoms with van der Waals surface area (Å²) >= 11 is 0. The summed E-state index contributed by atoms with van der Waals surface area (Å²) in [6, 6.07) is 0. The summed E-state index contributed by atoms with van der Waals surface area (Å²) in [6.07, 6.45) is 28.8. The van der Waals surface area contributed by atoms with Crippen molar-refractivity contribution in [3.8, 4) is 0 Å². The van der Waals surface area contributed by atoms with Gasteiger partial charge in [0.1, 0.15) is 12.7 Å². The summed E-state index contributed by atoms with van der Waals surface area (Å²) < 4.78 is 32.4. The number of esters is 2. The SMILES string of the molecule is CCCCCCCC/C=C/C/C=C/CCCCC(=O)O[C@H](COC(=O)CCCCCCCCCCC)COP(=O)(O)OC[C@@H](O)CO. The predicted octanol–water partition coefficient (Wildman–Crippen LogP) is 8.66. The molecule has 1 unspecified atom stereocenters. The number of carbonyl (C=O) groups excluding carboxylic acids is 2. The molecule has 0 bridgehead atoms. The molecule has 47 heavy (non-hydrogen) atoms. The molecule has 0 saturated heterocycles. The summed E-state index contributed by atoms with van der Waals surface area (Å²) in [7, 11) is -4.61. The maximum absolute atomic E-state index is 12.5. The monoisotopic (exact) mass is 690 g/mol. The van der Waals surface area contributed by atoms with Crippen LogP contribution in [0.4, 0.5) is 0 Å². The Hall–Kier alpha value is -1.55. The first-order valence-corrected chi connectivity index (χ1v) is 19.8. The summed E-state index contributed by atoms with van der Waals surface area (Å²) in [5.41, 5.74) is 0. The van der Waals surface area contributed by atoms with Gasteiger partial charge in [0.2, 0.25) is 0 Å². The van der Waals surface area contributed by atoms with Crippen molar-refractivity contribution in [1.29, 1.82) is 0 Å². The van der Waals surface area contributed by atoms with Crippen molar-refractivity contribution >= 4 is 19.8 Å². The van der Waals surface area contributed by atoms with Crippen molar-refractivity contribution in [2.75, 3.05) is 26.4 Å². The zero-order chi connectivity index (χ0) is 34.9. The van der Waals surface area contributed by atoms with Gasteiger partial charge >= 0.3 is 19.8 Å². The molecule has 10 nitrogen and oxygen atoms in total. The molecule has 0 radical (unpaired) electrons. The number of rotatable bonds is 34. The van der Waals surface area contributed by atoms with Gasteiger partial charge in [0.15, 0.2) is 6.10 Å². The lowest BCUT2D eigenvalue weighted by Gasteiger charge is -2.20. The Kier molecular flexibility index (Phi) is 31.9. The molecule has 11 heteroatoms. The van der Waals surface area contributed by atoms with Gasteiger partial charge in [0.05, 0.1) is 19.8 Å². The fourth-order valence-electron chi connectivity index (χ4n) is 4.73. The number of hydrogen-bond donors (Lipinski definition) is 3. The fraction of sp³-hybridized carbons (Fsp3) is 0.833. The highest BCUT2D eigenvalue weighted by Crippen LogP contribution is 2.43. The second kappa shape index (κ2) is 33.0. The molecule has 3 atom stereocenters. The van der Waals surface area contributed by atoms with Crippen LogP contribution in [0.15, 0.2) is 24.3 Å². The van der Waals surface area contributed by atoms with E-state index in [-0.39, 0.29) is 19.4 Å². The van der Waals surface area contributed by atoms with Crippen molar-refractivity contribution in [3.05, 3.63) is 24.3 Å². The number of unbranched alkanes of at least 4 members (excludes halogenated alkanes) is 16. The van der Waals surface area contributed by atoms with Crippen LogP contribution in [-0.2, 0) is 32.7 Å². The smallest absolute Gasteiger partial charge is 0.462 e. The molecule has 0 fully saturated rings. The minimum atomic E-state index is -4.61.